The van der Waals surface area contributed by atoms with Gasteiger partial charge in [-0.2, -0.15) is 45.2 Å². The summed E-state index contributed by atoms with van der Waals surface area (Å²) in [6.07, 6.45) is -10.2. The van der Waals surface area contributed by atoms with Gasteiger partial charge in [-0.05, 0) is 84.5 Å². The second kappa shape index (κ2) is 15.4. The van der Waals surface area contributed by atoms with Crippen molar-refractivity contribution < 1.29 is 57.9 Å². The maximum atomic E-state index is 15.4. The number of benzene rings is 3. The van der Waals surface area contributed by atoms with E-state index in [4.69, 9.17) is 15.7 Å². The highest BCUT2D eigenvalue weighted by Crippen LogP contribution is 2.68. The predicted octanol–water partition coefficient (Wildman–Crippen LogP) is 8.74. The molecule has 9 rings (SSSR count). The van der Waals surface area contributed by atoms with Crippen molar-refractivity contribution in [1.29, 1.82) is 0 Å². The lowest BCUT2D eigenvalue weighted by Crippen LogP contribution is -2.46. The number of anilines is 2. The number of nitrogens with zero attached hydrogens (tertiary/aromatic N) is 6. The summed E-state index contributed by atoms with van der Waals surface area (Å²) < 4.78 is 157. The third-order valence-corrected chi connectivity index (χ3v) is 12.6. The molecule has 2 fully saturated rings. The van der Waals surface area contributed by atoms with Crippen LogP contribution in [0.5, 0.6) is 0 Å². The number of hydrogen-bond acceptors (Lipinski definition) is 8. The van der Waals surface area contributed by atoms with Crippen LogP contribution in [-0.2, 0) is 36.0 Å². The summed E-state index contributed by atoms with van der Waals surface area (Å²) in [6, 6.07) is 10.7. The molecule has 0 bridgehead atoms. The number of rotatable bonds is 10. The standard InChI is InChI=1S/C42H31F11N8O2S/c43-22-11-19(12-23(44)15-22)13-30(55-32(62)18-61-36-33(35(58-61)42(51,52)53)26-16-28(26)40(36,46)47)34-25(20-1-6-29(45)27(14-20)37(54)63)17-31-38(56-34)57-39(64-31)60-9-7-59(8-10-60)24-4-2-21(3-5-24)41(48,49)50/h1-6,11-12,14-15,17,26,28,30H,7-10,13,16,18H2,(H2,54,63)(H,55,62)/t26-,28+,30-/m0/s1. The molecule has 4 heterocycles. The maximum absolute atomic E-state index is 15.4. The average Bonchev–Trinajstić information content (AvgIpc) is 3.67. The fraction of sp³-hybridized carbons (Fsp3) is 0.310. The SMILES string of the molecule is NC(=O)c1cc(-c2cc3sc(N4CCN(c5ccc(C(F)(F)F)cc5)CC4)nc3nc2[C@H](Cc2cc(F)cc(F)c2)NC(=O)Cn2nc(C(F)(F)F)c3c2C(F)(F)[C@@H]2C[C@H]32)ccc1F. The highest BCUT2D eigenvalue weighted by atomic mass is 32.1. The molecule has 1 saturated heterocycles. The predicted molar refractivity (Wildman–Crippen MR) is 210 cm³/mol. The van der Waals surface area contributed by atoms with Gasteiger partial charge in [0.25, 0.3) is 11.8 Å². The lowest BCUT2D eigenvalue weighted by atomic mass is 9.94. The summed E-state index contributed by atoms with van der Waals surface area (Å²) in [5, 5.41) is 6.46. The number of nitrogens with one attached hydrogen (secondary N) is 1. The number of hydrogen-bond donors (Lipinski definition) is 2. The van der Waals surface area contributed by atoms with Crippen LogP contribution >= 0.6 is 11.3 Å². The van der Waals surface area contributed by atoms with Gasteiger partial charge in [0.05, 0.1) is 27.6 Å². The molecule has 10 nitrogen and oxygen atoms in total. The number of piperazine rings is 1. The maximum Gasteiger partial charge on any atom is 0.435 e. The van der Waals surface area contributed by atoms with Crippen molar-refractivity contribution in [2.45, 2.75) is 49.6 Å². The van der Waals surface area contributed by atoms with Crippen LogP contribution in [0, 0.1) is 23.4 Å². The van der Waals surface area contributed by atoms with Crippen LogP contribution in [-0.4, -0.2) is 57.7 Å². The van der Waals surface area contributed by atoms with Crippen molar-refractivity contribution in [1.82, 2.24) is 25.1 Å². The number of pyridine rings is 1. The fourth-order valence-corrected chi connectivity index (χ4v) is 9.55. The number of fused-ring (bicyclic) bond motifs is 4. The van der Waals surface area contributed by atoms with Gasteiger partial charge in [0.1, 0.15) is 29.7 Å². The van der Waals surface area contributed by atoms with Crippen molar-refractivity contribution >= 4 is 44.3 Å². The lowest BCUT2D eigenvalue weighted by molar-refractivity contribution is -0.142. The Morgan fingerprint density at radius 1 is 0.859 bits per heavy atom. The van der Waals surface area contributed by atoms with E-state index in [1.165, 1.54) is 29.5 Å². The molecule has 0 unspecified atom stereocenters. The van der Waals surface area contributed by atoms with Gasteiger partial charge in [-0.3, -0.25) is 14.3 Å². The van der Waals surface area contributed by atoms with Crippen molar-refractivity contribution in [3.05, 3.63) is 124 Å². The number of halogens is 11. The average molecular weight is 921 g/mol. The molecular formula is C42H31F11N8O2S. The minimum absolute atomic E-state index is 0.0385. The van der Waals surface area contributed by atoms with Gasteiger partial charge in [-0.1, -0.05) is 17.4 Å². The number of aromatic nitrogens is 4. The van der Waals surface area contributed by atoms with E-state index in [-0.39, 0.29) is 34.5 Å². The lowest BCUT2D eigenvalue weighted by Gasteiger charge is -2.36. The first-order valence-electron chi connectivity index (χ1n) is 19.5. The van der Waals surface area contributed by atoms with Crippen LogP contribution < -0.4 is 20.9 Å². The van der Waals surface area contributed by atoms with Gasteiger partial charge in [0.2, 0.25) is 5.91 Å². The summed E-state index contributed by atoms with van der Waals surface area (Å²) in [4.78, 5) is 39.5. The molecule has 0 spiro atoms. The molecule has 3 aromatic heterocycles. The first-order valence-corrected chi connectivity index (χ1v) is 20.4. The van der Waals surface area contributed by atoms with Gasteiger partial charge in [-0.25, -0.2) is 18.2 Å². The number of alkyl halides is 8. The van der Waals surface area contributed by atoms with E-state index < -0.39 is 106 Å². The summed E-state index contributed by atoms with van der Waals surface area (Å²) in [5.41, 5.74) is 1.73. The Bertz CT molecular complexity index is 2810. The monoisotopic (exact) mass is 920 g/mol. The first kappa shape index (κ1) is 43.0. The Hall–Kier alpha value is -6.32. The van der Waals surface area contributed by atoms with Gasteiger partial charge >= 0.3 is 12.4 Å². The van der Waals surface area contributed by atoms with Crippen LogP contribution in [0.15, 0.2) is 66.7 Å². The van der Waals surface area contributed by atoms with Gasteiger partial charge < -0.3 is 20.9 Å². The van der Waals surface area contributed by atoms with Crippen molar-refractivity contribution in [3.8, 4) is 11.1 Å². The van der Waals surface area contributed by atoms with Crippen LogP contribution in [0.3, 0.4) is 0 Å². The minimum atomic E-state index is -5.11. The second-order valence-corrected chi connectivity index (χ2v) is 16.8. The Kier molecular flexibility index (Phi) is 10.4. The van der Waals surface area contributed by atoms with Crippen LogP contribution in [0.4, 0.5) is 59.1 Å². The van der Waals surface area contributed by atoms with E-state index in [0.29, 0.717) is 52.4 Å². The molecule has 2 aliphatic carbocycles. The largest absolute Gasteiger partial charge is 0.435 e. The number of carbonyl (C=O) groups is 2. The minimum Gasteiger partial charge on any atom is -0.368 e. The molecule has 3 aliphatic rings. The highest BCUT2D eigenvalue weighted by Gasteiger charge is 2.68. The van der Waals surface area contributed by atoms with E-state index in [1.807, 2.05) is 9.80 Å². The molecule has 64 heavy (non-hydrogen) atoms. The smallest absolute Gasteiger partial charge is 0.368 e. The van der Waals surface area contributed by atoms with Crippen LogP contribution in [0.2, 0.25) is 0 Å². The number of thiazole rings is 1. The Balaban J connectivity index is 1.09. The Morgan fingerprint density at radius 3 is 2.17 bits per heavy atom. The Morgan fingerprint density at radius 2 is 1.53 bits per heavy atom. The zero-order valence-corrected chi connectivity index (χ0v) is 33.5. The van der Waals surface area contributed by atoms with Crippen molar-refractivity contribution in [3.63, 3.8) is 0 Å². The third-order valence-electron chi connectivity index (χ3n) is 11.6. The molecule has 22 heteroatoms. The normalized spacial score (nSPS) is 18.5. The van der Waals surface area contributed by atoms with E-state index in [9.17, 15) is 49.1 Å². The number of amides is 2. The van der Waals surface area contributed by atoms with Gasteiger partial charge in [0, 0.05) is 55.0 Å². The summed E-state index contributed by atoms with van der Waals surface area (Å²) in [6.45, 7) is 0.412. The molecular weight excluding hydrogens is 890 g/mol. The zero-order chi connectivity index (χ0) is 45.6. The molecule has 334 valence electrons. The first-order chi connectivity index (χ1) is 30.1. The molecule has 1 saturated carbocycles. The van der Waals surface area contributed by atoms with E-state index in [0.717, 1.165) is 36.4 Å². The molecule has 6 aromatic rings. The van der Waals surface area contributed by atoms with Crippen molar-refractivity contribution in [2.24, 2.45) is 11.7 Å². The molecule has 3 N–H and O–H groups in total. The van der Waals surface area contributed by atoms with Crippen molar-refractivity contribution in [2.75, 3.05) is 36.0 Å². The summed E-state index contributed by atoms with van der Waals surface area (Å²) in [7, 11) is 0. The highest BCUT2D eigenvalue weighted by molar-refractivity contribution is 7.22. The van der Waals surface area contributed by atoms with E-state index in [2.05, 4.69) is 10.4 Å². The fourth-order valence-electron chi connectivity index (χ4n) is 8.55. The molecule has 2 amide bonds. The third kappa shape index (κ3) is 7.95. The summed E-state index contributed by atoms with van der Waals surface area (Å²) in [5.74, 6) is -11.4. The molecule has 0 radical (unpaired) electrons. The van der Waals surface area contributed by atoms with E-state index >= 15 is 8.78 Å². The number of nitrogens with two attached hydrogens (primary N) is 1. The van der Waals surface area contributed by atoms with Crippen LogP contribution in [0.1, 0.15) is 62.5 Å². The Labute approximate surface area is 358 Å². The zero-order valence-electron chi connectivity index (χ0n) is 32.7. The molecule has 3 aromatic carbocycles. The topological polar surface area (TPSA) is 122 Å². The summed E-state index contributed by atoms with van der Waals surface area (Å²) >= 11 is 1.17. The van der Waals surface area contributed by atoms with E-state index in [1.54, 1.807) is 6.07 Å². The molecule has 1 aliphatic heterocycles. The quantitative estimate of drug-likeness (QED) is 0.132. The van der Waals surface area contributed by atoms with Gasteiger partial charge in [-0.15, -0.1) is 0 Å². The molecule has 3 atom stereocenters. The van der Waals surface area contributed by atoms with Gasteiger partial charge in [0.15, 0.2) is 16.5 Å². The van der Waals surface area contributed by atoms with Crippen LogP contribution in [0.25, 0.3) is 21.5 Å². The second-order valence-electron chi connectivity index (χ2n) is 15.8. The number of primary amides is 1. The number of carbonyl (C=O) groups excluding carboxylic acids is 2.